The molecule has 0 saturated carbocycles. The normalized spacial score (nSPS) is 12.1. The molecule has 1 N–H and O–H groups in total. The number of carbonyl (C=O) groups is 1. The molecular weight excluding hydrogens is 540 g/mol. The molecule has 0 saturated heterocycles. The van der Waals surface area contributed by atoms with E-state index in [1.807, 2.05) is 6.92 Å². The number of nitrogens with one attached hydrogen (secondary N) is 1. The van der Waals surface area contributed by atoms with Crippen LogP contribution in [0.5, 0.6) is 0 Å². The van der Waals surface area contributed by atoms with Crippen molar-refractivity contribution in [3.8, 4) is 0 Å². The van der Waals surface area contributed by atoms with Crippen LogP contribution in [-0.4, -0.2) is 37.0 Å². The summed E-state index contributed by atoms with van der Waals surface area (Å²) in [6, 6.07) is 16.1. The topological polar surface area (TPSA) is 133 Å². The van der Waals surface area contributed by atoms with Crippen molar-refractivity contribution in [2.24, 2.45) is 4.99 Å². The van der Waals surface area contributed by atoms with E-state index >= 15 is 0 Å². The van der Waals surface area contributed by atoms with E-state index in [-0.39, 0.29) is 21.8 Å². The minimum atomic E-state index is -3.90. The predicted molar refractivity (Wildman–Crippen MR) is 142 cm³/mol. The molecule has 0 aliphatic heterocycles. The molecule has 0 atom stereocenters. The lowest BCUT2D eigenvalue weighted by Gasteiger charge is -2.09. The summed E-state index contributed by atoms with van der Waals surface area (Å²) in [5.74, 6) is -0.598. The molecule has 0 aliphatic rings. The minimum absolute atomic E-state index is 0.0213. The van der Waals surface area contributed by atoms with Crippen molar-refractivity contribution >= 4 is 60.5 Å². The number of nitrogens with zero attached hydrogens (tertiary/aromatic N) is 3. The average molecular weight is 561 g/mol. The van der Waals surface area contributed by atoms with Crippen LogP contribution >= 0.6 is 22.9 Å². The molecule has 10 nitrogen and oxygen atoms in total. The Morgan fingerprint density at radius 2 is 1.92 bits per heavy atom. The molecule has 4 rings (SSSR count). The number of nitro groups is 1. The molecule has 1 amide bonds. The first-order valence-electron chi connectivity index (χ1n) is 11.0. The number of amides is 1. The standard InChI is InChI=1S/C24H21ClN4O6S2/c1-2-35-13-12-28-21-11-8-19(29(31)32)15-22(21)36-24(28)26-23(30)16-4-3-5-18(14-16)27-37(33,34)20-9-6-17(25)7-10-20/h3-11,14-15,27H,2,12-13H2,1H3. The summed E-state index contributed by atoms with van der Waals surface area (Å²) in [5.41, 5.74) is 0.971. The van der Waals surface area contributed by atoms with Crippen LogP contribution in [0.1, 0.15) is 17.3 Å². The number of ether oxygens (including phenoxy) is 1. The summed E-state index contributed by atoms with van der Waals surface area (Å²) in [6.07, 6.45) is 0. The van der Waals surface area contributed by atoms with Crippen LogP contribution in [0, 0.1) is 10.1 Å². The Bertz CT molecular complexity index is 1650. The fourth-order valence-electron chi connectivity index (χ4n) is 3.47. The molecule has 1 aromatic heterocycles. The van der Waals surface area contributed by atoms with Crippen molar-refractivity contribution in [1.82, 2.24) is 4.57 Å². The van der Waals surface area contributed by atoms with Gasteiger partial charge in [0.25, 0.3) is 21.6 Å². The summed E-state index contributed by atoms with van der Waals surface area (Å²) < 4.78 is 35.7. The molecule has 0 spiro atoms. The minimum Gasteiger partial charge on any atom is -0.380 e. The lowest BCUT2D eigenvalue weighted by Crippen LogP contribution is -2.20. The van der Waals surface area contributed by atoms with Gasteiger partial charge < -0.3 is 9.30 Å². The first-order chi connectivity index (χ1) is 17.7. The highest BCUT2D eigenvalue weighted by Gasteiger charge is 2.16. The van der Waals surface area contributed by atoms with Crippen LogP contribution in [0.3, 0.4) is 0 Å². The number of rotatable bonds is 9. The molecule has 0 aliphatic carbocycles. The van der Waals surface area contributed by atoms with Crippen LogP contribution in [-0.2, 0) is 21.3 Å². The van der Waals surface area contributed by atoms with Gasteiger partial charge in [0.1, 0.15) is 0 Å². The molecule has 1 heterocycles. The molecule has 4 aromatic rings. The third-order valence-electron chi connectivity index (χ3n) is 5.22. The van der Waals surface area contributed by atoms with Crippen molar-refractivity contribution in [2.75, 3.05) is 17.9 Å². The Hall–Kier alpha value is -3.58. The second-order valence-corrected chi connectivity index (χ2v) is 10.8. The van der Waals surface area contributed by atoms with Crippen molar-refractivity contribution in [3.63, 3.8) is 0 Å². The van der Waals surface area contributed by atoms with Crippen LogP contribution in [0.25, 0.3) is 10.2 Å². The van der Waals surface area contributed by atoms with Gasteiger partial charge in [-0.2, -0.15) is 4.99 Å². The summed E-state index contributed by atoms with van der Waals surface area (Å²) in [7, 11) is -3.90. The van der Waals surface area contributed by atoms with Crippen LogP contribution in [0.15, 0.2) is 76.6 Å². The van der Waals surface area contributed by atoms with Crippen molar-refractivity contribution < 1.29 is 22.9 Å². The highest BCUT2D eigenvalue weighted by atomic mass is 35.5. The van der Waals surface area contributed by atoms with Crippen LogP contribution < -0.4 is 9.52 Å². The van der Waals surface area contributed by atoms with E-state index in [0.717, 1.165) is 11.3 Å². The Balaban J connectivity index is 1.67. The summed E-state index contributed by atoms with van der Waals surface area (Å²) in [6.45, 7) is 3.13. The highest BCUT2D eigenvalue weighted by molar-refractivity contribution is 7.92. The molecule has 0 bridgehead atoms. The Morgan fingerprint density at radius 1 is 1.16 bits per heavy atom. The number of nitro benzene ring substituents is 1. The third kappa shape index (κ3) is 6.23. The van der Waals surface area contributed by atoms with E-state index < -0.39 is 20.9 Å². The SMILES string of the molecule is CCOCCn1c(=NC(=O)c2cccc(NS(=O)(=O)c3ccc(Cl)cc3)c2)sc2cc([N+](=O)[O-])ccc21. The zero-order chi connectivity index (χ0) is 26.6. The van der Waals surface area contributed by atoms with E-state index in [9.17, 15) is 23.3 Å². The smallest absolute Gasteiger partial charge is 0.279 e. The lowest BCUT2D eigenvalue weighted by atomic mass is 10.2. The summed E-state index contributed by atoms with van der Waals surface area (Å²) in [4.78, 5) is 28.4. The van der Waals surface area contributed by atoms with E-state index in [1.165, 1.54) is 54.6 Å². The van der Waals surface area contributed by atoms with Gasteiger partial charge in [-0.15, -0.1) is 0 Å². The second-order valence-electron chi connectivity index (χ2n) is 7.70. The number of hydrogen-bond acceptors (Lipinski definition) is 7. The number of anilines is 1. The van der Waals surface area contributed by atoms with Gasteiger partial charge in [-0.3, -0.25) is 19.6 Å². The van der Waals surface area contributed by atoms with Gasteiger partial charge >= 0.3 is 0 Å². The quantitative estimate of drug-likeness (QED) is 0.177. The van der Waals surface area contributed by atoms with Crippen LogP contribution in [0.4, 0.5) is 11.4 Å². The zero-order valence-electron chi connectivity index (χ0n) is 19.5. The van der Waals surface area contributed by atoms with Crippen molar-refractivity contribution in [1.29, 1.82) is 0 Å². The monoisotopic (exact) mass is 560 g/mol. The lowest BCUT2D eigenvalue weighted by molar-refractivity contribution is -0.384. The Kier molecular flexibility index (Phi) is 8.03. The maximum Gasteiger partial charge on any atom is 0.279 e. The number of benzene rings is 3. The van der Waals surface area contributed by atoms with Crippen LogP contribution in [0.2, 0.25) is 5.02 Å². The van der Waals surface area contributed by atoms with Gasteiger partial charge in [0.2, 0.25) is 0 Å². The average Bonchev–Trinajstić information content (AvgIpc) is 3.20. The largest absolute Gasteiger partial charge is 0.380 e. The number of non-ortho nitro benzene ring substituents is 1. The van der Waals surface area contributed by atoms with Gasteiger partial charge in [0.05, 0.1) is 26.6 Å². The predicted octanol–water partition coefficient (Wildman–Crippen LogP) is 4.84. The number of aromatic nitrogens is 1. The molecule has 0 unspecified atom stereocenters. The Morgan fingerprint density at radius 3 is 2.62 bits per heavy atom. The molecule has 0 radical (unpaired) electrons. The van der Waals surface area contributed by atoms with E-state index in [2.05, 4.69) is 9.71 Å². The number of sulfonamides is 1. The maximum absolute atomic E-state index is 13.1. The number of hydrogen-bond donors (Lipinski definition) is 1. The molecular formula is C24H21ClN4O6S2. The molecule has 37 heavy (non-hydrogen) atoms. The fourth-order valence-corrected chi connectivity index (χ4v) is 5.74. The van der Waals surface area contributed by atoms with E-state index in [4.69, 9.17) is 16.3 Å². The first-order valence-corrected chi connectivity index (χ1v) is 13.7. The maximum atomic E-state index is 13.1. The van der Waals surface area contributed by atoms with Crippen molar-refractivity contribution in [2.45, 2.75) is 18.4 Å². The van der Waals surface area contributed by atoms with Gasteiger partial charge in [-0.1, -0.05) is 29.0 Å². The number of halogens is 1. The van der Waals surface area contributed by atoms with E-state index in [0.29, 0.717) is 39.8 Å². The van der Waals surface area contributed by atoms with Gasteiger partial charge in [0, 0.05) is 41.6 Å². The first kappa shape index (κ1) is 26.5. The molecule has 13 heteroatoms. The van der Waals surface area contributed by atoms with E-state index in [1.54, 1.807) is 16.7 Å². The fraction of sp³-hybridized carbons (Fsp3) is 0.167. The van der Waals surface area contributed by atoms with Gasteiger partial charge in [0.15, 0.2) is 4.80 Å². The Labute approximate surface area is 221 Å². The third-order valence-corrected chi connectivity index (χ3v) is 7.91. The number of carbonyl (C=O) groups excluding carboxylic acids is 1. The summed E-state index contributed by atoms with van der Waals surface area (Å²) in [5, 5.41) is 11.6. The molecule has 3 aromatic carbocycles. The number of fused-ring (bicyclic) bond motifs is 1. The zero-order valence-corrected chi connectivity index (χ0v) is 21.8. The highest BCUT2D eigenvalue weighted by Crippen LogP contribution is 2.24. The van der Waals surface area contributed by atoms with Gasteiger partial charge in [-0.25, -0.2) is 8.42 Å². The number of thiazole rings is 1. The molecule has 0 fully saturated rings. The van der Waals surface area contributed by atoms with Gasteiger partial charge in [-0.05, 0) is 55.5 Å². The van der Waals surface area contributed by atoms with Crippen molar-refractivity contribution in [3.05, 3.63) is 92.2 Å². The second kappa shape index (κ2) is 11.2. The summed E-state index contributed by atoms with van der Waals surface area (Å²) >= 11 is 6.98. The molecule has 192 valence electrons.